The summed E-state index contributed by atoms with van der Waals surface area (Å²) in [6.07, 6.45) is 6.52. The summed E-state index contributed by atoms with van der Waals surface area (Å²) in [7, 11) is 3.09. The van der Waals surface area contributed by atoms with E-state index in [-0.39, 0.29) is 35.5 Å². The molecule has 1 aromatic rings. The molecule has 6 heteroatoms. The second-order valence-corrected chi connectivity index (χ2v) is 6.32. The fraction of sp³-hybridized carbons (Fsp3) is 0.389. The van der Waals surface area contributed by atoms with Crippen molar-refractivity contribution >= 4 is 18.0 Å². The van der Waals surface area contributed by atoms with E-state index in [1.807, 2.05) is 0 Å². The minimum atomic E-state index is -0.239. The van der Waals surface area contributed by atoms with Crippen LogP contribution in [0.1, 0.15) is 12.0 Å². The highest BCUT2D eigenvalue weighted by atomic mass is 16.5. The Labute approximate surface area is 139 Å². The van der Waals surface area contributed by atoms with Crippen molar-refractivity contribution in [1.82, 2.24) is 5.01 Å². The van der Waals surface area contributed by atoms with Gasteiger partial charge in [-0.3, -0.25) is 9.59 Å². The zero-order valence-electron chi connectivity index (χ0n) is 13.5. The molecule has 124 valence electrons. The molecule has 0 aromatic heterocycles. The maximum Gasteiger partial charge on any atom is 0.254 e. The summed E-state index contributed by atoms with van der Waals surface area (Å²) < 4.78 is 10.6. The number of methoxy groups -OCH3 is 2. The normalized spacial score (nSPS) is 30.5. The first-order valence-electron chi connectivity index (χ1n) is 7.96. The molecule has 1 heterocycles. The lowest BCUT2D eigenvalue weighted by molar-refractivity contribution is -0.140. The molecule has 1 aromatic carbocycles. The fourth-order valence-corrected chi connectivity index (χ4v) is 4.13. The van der Waals surface area contributed by atoms with E-state index in [0.717, 1.165) is 11.4 Å². The number of carbonyl (C=O) groups excluding carboxylic acids is 2. The minimum Gasteiger partial charge on any atom is -0.493 e. The molecule has 0 N–H and O–H groups in total. The van der Waals surface area contributed by atoms with E-state index in [0.29, 0.717) is 17.1 Å². The number of allylic oxidation sites excluding steroid dienone is 2. The summed E-state index contributed by atoms with van der Waals surface area (Å²) in [5, 5.41) is 5.19. The molecule has 0 spiro atoms. The van der Waals surface area contributed by atoms with E-state index in [9.17, 15) is 9.59 Å². The van der Waals surface area contributed by atoms with Crippen molar-refractivity contribution in [2.45, 2.75) is 6.42 Å². The molecule has 2 aliphatic carbocycles. The highest BCUT2D eigenvalue weighted by Crippen LogP contribution is 2.52. The Hall–Kier alpha value is -2.63. The molecular formula is C18H18N2O4. The molecule has 0 unspecified atom stereocenters. The molecule has 2 bridgehead atoms. The molecule has 1 saturated carbocycles. The maximum atomic E-state index is 12.6. The van der Waals surface area contributed by atoms with Crippen molar-refractivity contribution in [3.8, 4) is 11.5 Å². The number of hydrazone groups is 1. The Bertz CT molecular complexity index is 740. The van der Waals surface area contributed by atoms with Crippen molar-refractivity contribution in [1.29, 1.82) is 0 Å². The number of hydrogen-bond donors (Lipinski definition) is 0. The molecule has 1 aliphatic heterocycles. The van der Waals surface area contributed by atoms with Gasteiger partial charge in [-0.15, -0.1) is 0 Å². The molecule has 2 amide bonds. The van der Waals surface area contributed by atoms with E-state index in [1.165, 1.54) is 13.3 Å². The SMILES string of the molecule is COc1cccc(C=NN2C(=O)[C@@H]3[C@H](C2=O)[C@H]2C=C[C@H]3C2)c1OC. The van der Waals surface area contributed by atoms with Crippen molar-refractivity contribution < 1.29 is 19.1 Å². The van der Waals surface area contributed by atoms with Gasteiger partial charge < -0.3 is 9.47 Å². The Morgan fingerprint density at radius 3 is 2.33 bits per heavy atom. The maximum absolute atomic E-state index is 12.6. The first-order valence-corrected chi connectivity index (χ1v) is 7.96. The third-order valence-corrected chi connectivity index (χ3v) is 5.19. The van der Waals surface area contributed by atoms with Gasteiger partial charge in [0.05, 0.1) is 32.3 Å². The Morgan fingerprint density at radius 2 is 1.75 bits per heavy atom. The summed E-state index contributed by atoms with van der Waals surface area (Å²) in [6, 6.07) is 5.37. The van der Waals surface area contributed by atoms with Gasteiger partial charge >= 0.3 is 0 Å². The number of carbonyl (C=O) groups is 2. The van der Waals surface area contributed by atoms with E-state index < -0.39 is 0 Å². The summed E-state index contributed by atoms with van der Waals surface area (Å²) >= 11 is 0. The topological polar surface area (TPSA) is 68.2 Å². The number of imide groups is 1. The van der Waals surface area contributed by atoms with Crippen LogP contribution < -0.4 is 9.47 Å². The molecule has 4 rings (SSSR count). The highest BCUT2D eigenvalue weighted by molar-refractivity contribution is 6.07. The van der Waals surface area contributed by atoms with Gasteiger partial charge in [0.1, 0.15) is 0 Å². The summed E-state index contributed by atoms with van der Waals surface area (Å²) in [6.45, 7) is 0. The third kappa shape index (κ3) is 1.99. The summed E-state index contributed by atoms with van der Waals surface area (Å²) in [5.41, 5.74) is 0.649. The second-order valence-electron chi connectivity index (χ2n) is 6.32. The third-order valence-electron chi connectivity index (χ3n) is 5.19. The quantitative estimate of drug-likeness (QED) is 0.481. The molecule has 1 saturated heterocycles. The van der Waals surface area contributed by atoms with Gasteiger partial charge in [-0.05, 0) is 30.4 Å². The average Bonchev–Trinajstić information content (AvgIpc) is 3.27. The monoisotopic (exact) mass is 326 g/mol. The summed E-state index contributed by atoms with van der Waals surface area (Å²) in [4.78, 5) is 25.2. The number of para-hydroxylation sites is 1. The van der Waals surface area contributed by atoms with Gasteiger partial charge in [0, 0.05) is 5.56 Å². The van der Waals surface area contributed by atoms with Gasteiger partial charge in [0.15, 0.2) is 11.5 Å². The molecule has 24 heavy (non-hydrogen) atoms. The lowest BCUT2D eigenvalue weighted by Gasteiger charge is -2.13. The first-order chi connectivity index (χ1) is 11.7. The van der Waals surface area contributed by atoms with Crippen molar-refractivity contribution in [3.05, 3.63) is 35.9 Å². The van der Waals surface area contributed by atoms with E-state index in [2.05, 4.69) is 17.3 Å². The fourth-order valence-electron chi connectivity index (χ4n) is 4.13. The van der Waals surface area contributed by atoms with Gasteiger partial charge in [0.25, 0.3) is 11.8 Å². The Morgan fingerprint density at radius 1 is 1.08 bits per heavy atom. The van der Waals surface area contributed by atoms with Crippen molar-refractivity contribution in [2.75, 3.05) is 14.2 Å². The van der Waals surface area contributed by atoms with Crippen LogP contribution >= 0.6 is 0 Å². The number of nitrogens with zero attached hydrogens (tertiary/aromatic N) is 2. The van der Waals surface area contributed by atoms with Crippen molar-refractivity contribution in [2.24, 2.45) is 28.8 Å². The number of ether oxygens (including phenoxy) is 2. The second kappa shape index (κ2) is 5.47. The van der Waals surface area contributed by atoms with Crippen LogP contribution in [0.5, 0.6) is 11.5 Å². The van der Waals surface area contributed by atoms with Crippen LogP contribution in [0.2, 0.25) is 0 Å². The smallest absolute Gasteiger partial charge is 0.254 e. The first kappa shape index (κ1) is 14.9. The van der Waals surface area contributed by atoms with Crippen LogP contribution in [-0.2, 0) is 9.59 Å². The van der Waals surface area contributed by atoms with Crippen LogP contribution in [0.25, 0.3) is 0 Å². The Balaban J connectivity index is 1.62. The number of hydrogen-bond acceptors (Lipinski definition) is 5. The number of benzene rings is 1. The minimum absolute atomic E-state index is 0.183. The number of rotatable bonds is 4. The van der Waals surface area contributed by atoms with Gasteiger partial charge in [-0.1, -0.05) is 18.2 Å². The lowest BCUT2D eigenvalue weighted by Crippen LogP contribution is -2.28. The molecule has 6 nitrogen and oxygen atoms in total. The summed E-state index contributed by atoms with van der Waals surface area (Å²) in [5.74, 6) is 0.587. The predicted molar refractivity (Wildman–Crippen MR) is 86.7 cm³/mol. The predicted octanol–water partition coefficient (Wildman–Crippen LogP) is 1.84. The standard InChI is InChI=1S/C18H18N2O4/c1-23-13-5-3-4-12(16(13)24-2)9-19-20-17(21)14-10-6-7-11(8-10)15(14)18(20)22/h3-7,9-11,14-15H,8H2,1-2H3/t10-,11-,14-,15+/m0/s1. The molecule has 2 fully saturated rings. The zero-order chi connectivity index (χ0) is 16.8. The highest BCUT2D eigenvalue weighted by Gasteiger charge is 2.59. The van der Waals surface area contributed by atoms with E-state index in [1.54, 1.807) is 25.3 Å². The van der Waals surface area contributed by atoms with Crippen LogP contribution in [0, 0.1) is 23.7 Å². The lowest BCUT2D eigenvalue weighted by atomic mass is 9.85. The molecule has 0 radical (unpaired) electrons. The van der Waals surface area contributed by atoms with Gasteiger partial charge in [-0.25, -0.2) is 0 Å². The van der Waals surface area contributed by atoms with E-state index >= 15 is 0 Å². The molecule has 4 atom stereocenters. The van der Waals surface area contributed by atoms with Crippen LogP contribution in [0.4, 0.5) is 0 Å². The van der Waals surface area contributed by atoms with Crippen LogP contribution in [-0.4, -0.2) is 37.3 Å². The molecule has 3 aliphatic rings. The number of amides is 2. The zero-order valence-corrected chi connectivity index (χ0v) is 13.5. The van der Waals surface area contributed by atoms with Crippen LogP contribution in [0.3, 0.4) is 0 Å². The molecular weight excluding hydrogens is 308 g/mol. The Kier molecular flexibility index (Phi) is 3.40. The average molecular weight is 326 g/mol. The van der Waals surface area contributed by atoms with Crippen molar-refractivity contribution in [3.63, 3.8) is 0 Å². The number of fused-ring (bicyclic) bond motifs is 5. The van der Waals surface area contributed by atoms with Gasteiger partial charge in [-0.2, -0.15) is 10.1 Å². The van der Waals surface area contributed by atoms with Gasteiger partial charge in [0.2, 0.25) is 0 Å². The van der Waals surface area contributed by atoms with Crippen LogP contribution in [0.15, 0.2) is 35.5 Å². The van der Waals surface area contributed by atoms with E-state index in [4.69, 9.17) is 9.47 Å². The largest absolute Gasteiger partial charge is 0.493 e.